The predicted molar refractivity (Wildman–Crippen MR) is 89.9 cm³/mol. The van der Waals surface area contributed by atoms with Gasteiger partial charge in [-0.1, -0.05) is 0 Å². The summed E-state index contributed by atoms with van der Waals surface area (Å²) in [7, 11) is 1.60. The number of carbonyl (C=O) groups is 1. The lowest BCUT2D eigenvalue weighted by molar-refractivity contribution is 0.0996. The zero-order chi connectivity index (χ0) is 17.2. The maximum absolute atomic E-state index is 12.6. The lowest BCUT2D eigenvalue weighted by Crippen LogP contribution is -2.24. The molecule has 0 unspecified atom stereocenters. The lowest BCUT2D eigenvalue weighted by Gasteiger charge is -2.14. The van der Waals surface area contributed by atoms with Crippen LogP contribution >= 0.6 is 0 Å². The number of hydrogen-bond donors (Lipinski definition) is 0. The molecule has 7 heteroatoms. The Kier molecular flexibility index (Phi) is 3.74. The first kappa shape index (κ1) is 15.1. The van der Waals surface area contributed by atoms with Crippen LogP contribution in [0.1, 0.15) is 15.9 Å². The van der Waals surface area contributed by atoms with Crippen LogP contribution in [0.25, 0.3) is 0 Å². The maximum Gasteiger partial charge on any atom is 0.323 e. The molecule has 0 saturated carbocycles. The highest BCUT2D eigenvalue weighted by Gasteiger charge is 2.30. The van der Waals surface area contributed by atoms with Gasteiger partial charge in [0.05, 0.1) is 19.9 Å². The van der Waals surface area contributed by atoms with Crippen LogP contribution in [-0.2, 0) is 6.54 Å². The average molecular weight is 334 g/mol. The van der Waals surface area contributed by atoms with Crippen molar-refractivity contribution in [3.8, 4) is 17.5 Å². The van der Waals surface area contributed by atoms with E-state index in [4.69, 9.17) is 9.47 Å². The van der Waals surface area contributed by atoms with Gasteiger partial charge in [-0.25, -0.2) is 4.98 Å². The van der Waals surface area contributed by atoms with Crippen LogP contribution in [0.3, 0.4) is 0 Å². The Balaban J connectivity index is 1.60. The first-order chi connectivity index (χ1) is 12.2. The molecule has 0 aliphatic carbocycles. The third-order valence-corrected chi connectivity index (χ3v) is 3.86. The van der Waals surface area contributed by atoms with Crippen molar-refractivity contribution in [2.45, 2.75) is 6.54 Å². The van der Waals surface area contributed by atoms with Gasteiger partial charge >= 0.3 is 6.01 Å². The van der Waals surface area contributed by atoms with E-state index >= 15 is 0 Å². The van der Waals surface area contributed by atoms with Gasteiger partial charge in [-0.2, -0.15) is 4.98 Å². The van der Waals surface area contributed by atoms with E-state index in [9.17, 15) is 4.79 Å². The van der Waals surface area contributed by atoms with E-state index in [-0.39, 0.29) is 11.9 Å². The van der Waals surface area contributed by atoms with Crippen molar-refractivity contribution in [2.24, 2.45) is 0 Å². The lowest BCUT2D eigenvalue weighted by atomic mass is 10.1. The Labute approximate surface area is 143 Å². The molecule has 7 nitrogen and oxygen atoms in total. The van der Waals surface area contributed by atoms with Crippen LogP contribution in [-0.4, -0.2) is 28.0 Å². The second kappa shape index (κ2) is 6.20. The number of ether oxygens (including phenoxy) is 2. The average Bonchev–Trinajstić information content (AvgIpc) is 2.99. The van der Waals surface area contributed by atoms with Gasteiger partial charge in [-0.3, -0.25) is 14.7 Å². The van der Waals surface area contributed by atoms with Crippen LogP contribution in [0.4, 0.5) is 5.82 Å². The highest BCUT2D eigenvalue weighted by atomic mass is 16.5. The van der Waals surface area contributed by atoms with E-state index in [0.717, 1.165) is 11.3 Å². The number of fused-ring (bicyclic) bond motifs is 1. The standard InChI is InChI=1S/C18H14N4O3/c1-24-13-4-5-15-12(9-13)11-22(17(15)23)16-6-8-20-18(21-16)25-14-3-2-7-19-10-14/h2-10H,11H2,1H3. The summed E-state index contributed by atoms with van der Waals surface area (Å²) in [6.45, 7) is 0.425. The molecule has 1 aliphatic rings. The fourth-order valence-electron chi connectivity index (χ4n) is 2.65. The van der Waals surface area contributed by atoms with E-state index in [0.29, 0.717) is 23.7 Å². The van der Waals surface area contributed by atoms with Crippen molar-refractivity contribution in [1.82, 2.24) is 15.0 Å². The monoisotopic (exact) mass is 334 g/mol. The molecule has 3 aromatic rings. The van der Waals surface area contributed by atoms with Crippen molar-refractivity contribution in [3.63, 3.8) is 0 Å². The molecule has 0 saturated heterocycles. The van der Waals surface area contributed by atoms with Gasteiger partial charge in [0.1, 0.15) is 17.3 Å². The number of anilines is 1. The Morgan fingerprint density at radius 1 is 1.12 bits per heavy atom. The van der Waals surface area contributed by atoms with Crippen LogP contribution in [0.15, 0.2) is 55.0 Å². The van der Waals surface area contributed by atoms with E-state index in [1.165, 1.54) is 0 Å². The number of rotatable bonds is 4. The molecule has 0 atom stereocenters. The minimum atomic E-state index is -0.108. The third-order valence-electron chi connectivity index (χ3n) is 3.86. The molecular formula is C18H14N4O3. The fraction of sp³-hybridized carbons (Fsp3) is 0.111. The Morgan fingerprint density at radius 2 is 2.04 bits per heavy atom. The van der Waals surface area contributed by atoms with Crippen molar-refractivity contribution in [1.29, 1.82) is 0 Å². The second-order valence-corrected chi connectivity index (χ2v) is 5.40. The van der Waals surface area contributed by atoms with Crippen molar-refractivity contribution in [2.75, 3.05) is 12.0 Å². The molecule has 2 aromatic heterocycles. The highest BCUT2D eigenvalue weighted by Crippen LogP contribution is 2.30. The molecule has 1 aromatic carbocycles. The summed E-state index contributed by atoms with van der Waals surface area (Å²) in [5.41, 5.74) is 1.55. The summed E-state index contributed by atoms with van der Waals surface area (Å²) in [6.07, 6.45) is 4.78. The molecule has 3 heterocycles. The topological polar surface area (TPSA) is 77.4 Å². The van der Waals surface area contributed by atoms with Gasteiger partial charge in [0.25, 0.3) is 5.91 Å². The van der Waals surface area contributed by atoms with Crippen LogP contribution in [0, 0.1) is 0 Å². The van der Waals surface area contributed by atoms with Gasteiger partial charge in [-0.15, -0.1) is 0 Å². The number of benzene rings is 1. The zero-order valence-electron chi connectivity index (χ0n) is 13.4. The number of hydrogen-bond acceptors (Lipinski definition) is 6. The van der Waals surface area contributed by atoms with Crippen molar-refractivity contribution >= 4 is 11.7 Å². The van der Waals surface area contributed by atoms with Crippen LogP contribution in [0.5, 0.6) is 17.5 Å². The zero-order valence-corrected chi connectivity index (χ0v) is 13.4. The van der Waals surface area contributed by atoms with E-state index < -0.39 is 0 Å². The fourth-order valence-corrected chi connectivity index (χ4v) is 2.65. The molecule has 25 heavy (non-hydrogen) atoms. The molecule has 1 amide bonds. The minimum absolute atomic E-state index is 0.108. The third kappa shape index (κ3) is 2.87. The summed E-state index contributed by atoms with van der Waals surface area (Å²) in [5.74, 6) is 1.62. The number of pyridine rings is 1. The van der Waals surface area contributed by atoms with E-state index in [2.05, 4.69) is 15.0 Å². The second-order valence-electron chi connectivity index (χ2n) is 5.40. The van der Waals surface area contributed by atoms with Gasteiger partial charge in [-0.05, 0) is 42.0 Å². The summed E-state index contributed by atoms with van der Waals surface area (Å²) in [4.78, 5) is 26.6. The Morgan fingerprint density at radius 3 is 2.84 bits per heavy atom. The summed E-state index contributed by atoms with van der Waals surface area (Å²) in [6, 6.07) is 10.8. The van der Waals surface area contributed by atoms with Crippen molar-refractivity contribution < 1.29 is 14.3 Å². The normalized spacial score (nSPS) is 12.8. The molecule has 0 N–H and O–H groups in total. The first-order valence-corrected chi connectivity index (χ1v) is 7.64. The van der Waals surface area contributed by atoms with Crippen molar-refractivity contribution in [3.05, 3.63) is 66.1 Å². The molecule has 124 valence electrons. The molecule has 0 radical (unpaired) electrons. The molecule has 0 fully saturated rings. The molecule has 1 aliphatic heterocycles. The number of carbonyl (C=O) groups excluding carboxylic acids is 1. The summed E-state index contributed by atoms with van der Waals surface area (Å²) in [5, 5.41) is 0. The maximum atomic E-state index is 12.6. The minimum Gasteiger partial charge on any atom is -0.497 e. The smallest absolute Gasteiger partial charge is 0.323 e. The Bertz CT molecular complexity index is 931. The number of amides is 1. The van der Waals surface area contributed by atoms with Crippen LogP contribution in [0.2, 0.25) is 0 Å². The van der Waals surface area contributed by atoms with Crippen LogP contribution < -0.4 is 14.4 Å². The van der Waals surface area contributed by atoms with Gasteiger partial charge < -0.3 is 9.47 Å². The summed E-state index contributed by atoms with van der Waals surface area (Å²) >= 11 is 0. The number of methoxy groups -OCH3 is 1. The first-order valence-electron chi connectivity index (χ1n) is 7.64. The SMILES string of the molecule is COc1ccc2c(c1)CN(c1ccnc(Oc3cccnc3)n1)C2=O. The van der Waals surface area contributed by atoms with Gasteiger partial charge in [0.15, 0.2) is 0 Å². The molecular weight excluding hydrogens is 320 g/mol. The molecule has 4 rings (SSSR count). The highest BCUT2D eigenvalue weighted by molar-refractivity contribution is 6.09. The van der Waals surface area contributed by atoms with E-state index in [1.54, 1.807) is 60.9 Å². The molecule has 0 bridgehead atoms. The van der Waals surface area contributed by atoms with Gasteiger partial charge in [0.2, 0.25) is 0 Å². The Hall–Kier alpha value is -3.48. The number of aromatic nitrogens is 3. The predicted octanol–water partition coefficient (Wildman–Crippen LogP) is 2.83. The largest absolute Gasteiger partial charge is 0.497 e. The van der Waals surface area contributed by atoms with Gasteiger partial charge in [0, 0.05) is 18.0 Å². The van der Waals surface area contributed by atoms with E-state index in [1.807, 2.05) is 6.07 Å². The molecule has 0 spiro atoms. The number of nitrogens with zero attached hydrogens (tertiary/aromatic N) is 4. The summed E-state index contributed by atoms with van der Waals surface area (Å²) < 4.78 is 10.8. The quantitative estimate of drug-likeness (QED) is 0.730.